The molecule has 1 fully saturated rings. The molecule has 128 valence electrons. The number of rotatable bonds is 4. The van der Waals surface area contributed by atoms with Crippen LogP contribution in [0.3, 0.4) is 0 Å². The van der Waals surface area contributed by atoms with Crippen LogP contribution in [0.25, 0.3) is 0 Å². The SMILES string of the molecule is FC(F)(F)c1cccc(SCC2CNCCN2c2ccccc2)c1. The highest BCUT2D eigenvalue weighted by Gasteiger charge is 2.30. The summed E-state index contributed by atoms with van der Waals surface area (Å²) in [6.07, 6.45) is -4.29. The fourth-order valence-electron chi connectivity index (χ4n) is 2.82. The molecule has 0 spiro atoms. The molecule has 1 N–H and O–H groups in total. The second-order valence-corrected chi connectivity index (χ2v) is 6.82. The molecule has 24 heavy (non-hydrogen) atoms. The number of alkyl halides is 3. The monoisotopic (exact) mass is 352 g/mol. The summed E-state index contributed by atoms with van der Waals surface area (Å²) in [7, 11) is 0. The zero-order valence-corrected chi connectivity index (χ0v) is 13.9. The highest BCUT2D eigenvalue weighted by molar-refractivity contribution is 7.99. The lowest BCUT2D eigenvalue weighted by Gasteiger charge is -2.38. The number of para-hydroxylation sites is 1. The second kappa shape index (κ2) is 7.49. The van der Waals surface area contributed by atoms with Crippen LogP contribution in [0.4, 0.5) is 18.9 Å². The van der Waals surface area contributed by atoms with Gasteiger partial charge in [-0.1, -0.05) is 24.3 Å². The number of anilines is 1. The van der Waals surface area contributed by atoms with Gasteiger partial charge in [0, 0.05) is 36.0 Å². The van der Waals surface area contributed by atoms with E-state index in [1.165, 1.54) is 23.9 Å². The van der Waals surface area contributed by atoms with E-state index in [0.717, 1.165) is 37.1 Å². The van der Waals surface area contributed by atoms with Gasteiger partial charge in [-0.25, -0.2) is 0 Å². The van der Waals surface area contributed by atoms with E-state index in [1.807, 2.05) is 18.2 Å². The van der Waals surface area contributed by atoms with Gasteiger partial charge in [0.1, 0.15) is 0 Å². The van der Waals surface area contributed by atoms with Crippen LogP contribution in [0.5, 0.6) is 0 Å². The Labute approximate surface area is 144 Å². The van der Waals surface area contributed by atoms with Crippen molar-refractivity contribution in [2.75, 3.05) is 30.3 Å². The number of hydrogen-bond donors (Lipinski definition) is 1. The number of hydrogen-bond acceptors (Lipinski definition) is 3. The van der Waals surface area contributed by atoms with E-state index in [9.17, 15) is 13.2 Å². The predicted molar refractivity (Wildman–Crippen MR) is 92.6 cm³/mol. The Hall–Kier alpha value is -1.66. The lowest BCUT2D eigenvalue weighted by molar-refractivity contribution is -0.137. The molecule has 1 aliphatic heterocycles. The first-order valence-electron chi connectivity index (χ1n) is 7.86. The van der Waals surface area contributed by atoms with Gasteiger partial charge in [-0.2, -0.15) is 13.2 Å². The molecule has 1 unspecified atom stereocenters. The zero-order chi connectivity index (χ0) is 17.0. The molecule has 1 atom stereocenters. The minimum absolute atomic E-state index is 0.251. The van der Waals surface area contributed by atoms with Crippen molar-refractivity contribution in [3.05, 3.63) is 60.2 Å². The van der Waals surface area contributed by atoms with Crippen LogP contribution in [0, 0.1) is 0 Å². The van der Waals surface area contributed by atoms with Crippen molar-refractivity contribution in [2.45, 2.75) is 17.1 Å². The van der Waals surface area contributed by atoms with Gasteiger partial charge < -0.3 is 10.2 Å². The Kier molecular flexibility index (Phi) is 5.36. The minimum atomic E-state index is -4.29. The number of halogens is 3. The van der Waals surface area contributed by atoms with Gasteiger partial charge in [-0.15, -0.1) is 11.8 Å². The summed E-state index contributed by atoms with van der Waals surface area (Å²) in [4.78, 5) is 2.99. The van der Waals surface area contributed by atoms with Crippen molar-refractivity contribution >= 4 is 17.4 Å². The van der Waals surface area contributed by atoms with Crippen LogP contribution >= 0.6 is 11.8 Å². The number of nitrogens with zero attached hydrogens (tertiary/aromatic N) is 1. The van der Waals surface area contributed by atoms with Gasteiger partial charge in [0.15, 0.2) is 0 Å². The largest absolute Gasteiger partial charge is 0.416 e. The molecule has 3 rings (SSSR count). The Balaban J connectivity index is 1.68. The van der Waals surface area contributed by atoms with Gasteiger partial charge in [-0.05, 0) is 30.3 Å². The van der Waals surface area contributed by atoms with E-state index in [4.69, 9.17) is 0 Å². The molecule has 0 radical (unpaired) electrons. The Morgan fingerprint density at radius 1 is 1.08 bits per heavy atom. The van der Waals surface area contributed by atoms with Crippen molar-refractivity contribution in [1.82, 2.24) is 5.32 Å². The fourth-order valence-corrected chi connectivity index (χ4v) is 3.89. The molecule has 6 heteroatoms. The summed E-state index contributed by atoms with van der Waals surface area (Å²) in [6.45, 7) is 2.65. The predicted octanol–water partition coefficient (Wildman–Crippen LogP) is 4.28. The number of thioether (sulfide) groups is 1. The molecular weight excluding hydrogens is 333 g/mol. The average Bonchev–Trinajstić information content (AvgIpc) is 2.60. The normalized spacial score (nSPS) is 18.6. The van der Waals surface area contributed by atoms with Crippen LogP contribution < -0.4 is 10.2 Å². The van der Waals surface area contributed by atoms with Gasteiger partial charge in [0.2, 0.25) is 0 Å². The summed E-state index contributed by atoms with van der Waals surface area (Å²) >= 11 is 1.47. The van der Waals surface area contributed by atoms with Crippen LogP contribution in [0.1, 0.15) is 5.56 Å². The van der Waals surface area contributed by atoms with E-state index in [1.54, 1.807) is 6.07 Å². The van der Waals surface area contributed by atoms with E-state index < -0.39 is 11.7 Å². The Morgan fingerprint density at radius 2 is 1.88 bits per heavy atom. The van der Waals surface area contributed by atoms with Crippen molar-refractivity contribution in [3.63, 3.8) is 0 Å². The molecule has 2 nitrogen and oxygen atoms in total. The lowest BCUT2D eigenvalue weighted by Crippen LogP contribution is -2.52. The third kappa shape index (κ3) is 4.24. The van der Waals surface area contributed by atoms with Crippen molar-refractivity contribution < 1.29 is 13.2 Å². The van der Waals surface area contributed by atoms with Crippen molar-refractivity contribution in [1.29, 1.82) is 0 Å². The van der Waals surface area contributed by atoms with Crippen molar-refractivity contribution in [3.8, 4) is 0 Å². The number of benzene rings is 2. The average molecular weight is 352 g/mol. The minimum Gasteiger partial charge on any atom is -0.365 e. The van der Waals surface area contributed by atoms with Crippen LogP contribution in [0.2, 0.25) is 0 Å². The summed E-state index contributed by atoms with van der Waals surface area (Å²) in [5.74, 6) is 0.739. The van der Waals surface area contributed by atoms with E-state index in [-0.39, 0.29) is 6.04 Å². The van der Waals surface area contributed by atoms with E-state index in [0.29, 0.717) is 4.90 Å². The molecule has 0 aromatic heterocycles. The van der Waals surface area contributed by atoms with Crippen LogP contribution in [-0.2, 0) is 6.18 Å². The fraction of sp³-hybridized carbons (Fsp3) is 0.333. The van der Waals surface area contributed by atoms with Gasteiger partial charge in [0.05, 0.1) is 11.6 Å². The maximum absolute atomic E-state index is 12.8. The first-order valence-corrected chi connectivity index (χ1v) is 8.85. The smallest absolute Gasteiger partial charge is 0.365 e. The van der Waals surface area contributed by atoms with Crippen LogP contribution in [-0.4, -0.2) is 31.4 Å². The van der Waals surface area contributed by atoms with Gasteiger partial charge in [0.25, 0.3) is 0 Å². The third-order valence-corrected chi connectivity index (χ3v) is 5.18. The molecule has 0 bridgehead atoms. The second-order valence-electron chi connectivity index (χ2n) is 5.72. The molecule has 1 heterocycles. The van der Waals surface area contributed by atoms with Gasteiger partial charge in [-0.3, -0.25) is 0 Å². The lowest BCUT2D eigenvalue weighted by atomic mass is 10.2. The molecule has 2 aromatic carbocycles. The summed E-state index contributed by atoms with van der Waals surface area (Å²) in [5, 5.41) is 3.37. The standard InChI is InChI=1S/C18H19F3N2S/c19-18(20,21)14-5-4-8-17(11-14)24-13-16-12-22-9-10-23(16)15-6-2-1-3-7-15/h1-8,11,16,22H,9-10,12-13H2. The Morgan fingerprint density at radius 3 is 2.62 bits per heavy atom. The highest BCUT2D eigenvalue weighted by atomic mass is 32.2. The first-order chi connectivity index (χ1) is 11.5. The van der Waals surface area contributed by atoms with E-state index >= 15 is 0 Å². The number of nitrogens with one attached hydrogen (secondary N) is 1. The first kappa shape index (κ1) is 17.2. The maximum Gasteiger partial charge on any atom is 0.416 e. The van der Waals surface area contributed by atoms with Crippen LogP contribution in [0.15, 0.2) is 59.5 Å². The van der Waals surface area contributed by atoms with Crippen molar-refractivity contribution in [2.24, 2.45) is 0 Å². The third-order valence-electron chi connectivity index (χ3n) is 4.04. The molecule has 0 aliphatic carbocycles. The number of piperazine rings is 1. The molecule has 0 saturated carbocycles. The molecule has 2 aromatic rings. The highest BCUT2D eigenvalue weighted by Crippen LogP contribution is 2.32. The molecular formula is C18H19F3N2S. The Bertz CT molecular complexity index is 661. The molecule has 1 saturated heterocycles. The maximum atomic E-state index is 12.8. The molecule has 1 aliphatic rings. The quantitative estimate of drug-likeness (QED) is 0.827. The summed E-state index contributed by atoms with van der Waals surface area (Å²) in [5.41, 5.74) is 0.572. The molecule has 0 amide bonds. The summed E-state index contributed by atoms with van der Waals surface area (Å²) < 4.78 is 38.5. The van der Waals surface area contributed by atoms with Gasteiger partial charge >= 0.3 is 6.18 Å². The topological polar surface area (TPSA) is 15.3 Å². The zero-order valence-electron chi connectivity index (χ0n) is 13.1. The van der Waals surface area contributed by atoms with E-state index in [2.05, 4.69) is 22.3 Å². The summed E-state index contributed by atoms with van der Waals surface area (Å²) in [6, 6.07) is 16.0.